The van der Waals surface area contributed by atoms with Gasteiger partial charge in [0.05, 0.1) is 16.3 Å². The van der Waals surface area contributed by atoms with E-state index in [2.05, 4.69) is 10.3 Å². The lowest BCUT2D eigenvalue weighted by Crippen LogP contribution is -2.17. The number of aryl methyl sites for hydroxylation is 2. The summed E-state index contributed by atoms with van der Waals surface area (Å²) < 4.78 is 0. The van der Waals surface area contributed by atoms with Crippen molar-refractivity contribution in [3.63, 3.8) is 0 Å². The molecule has 5 heteroatoms. The second kappa shape index (κ2) is 5.89. The summed E-state index contributed by atoms with van der Waals surface area (Å²) in [5.41, 5.74) is 3.08. The monoisotopic (exact) mass is 326 g/mol. The Kier molecular flexibility index (Phi) is 3.92. The fourth-order valence-electron chi connectivity index (χ4n) is 2.65. The van der Waals surface area contributed by atoms with Gasteiger partial charge in [-0.3, -0.25) is 9.59 Å². The molecule has 0 aliphatic carbocycles. The number of para-hydroxylation sites is 1. The average Bonchev–Trinajstić information content (AvgIpc) is 2.49. The number of H-pyrrole nitrogens is 1. The van der Waals surface area contributed by atoms with E-state index in [0.717, 1.165) is 11.1 Å². The first kappa shape index (κ1) is 15.3. The molecule has 0 radical (unpaired) electrons. The summed E-state index contributed by atoms with van der Waals surface area (Å²) in [6.45, 7) is 3.82. The van der Waals surface area contributed by atoms with Crippen LogP contribution in [0.15, 0.2) is 47.3 Å². The molecule has 0 aliphatic heterocycles. The van der Waals surface area contributed by atoms with Crippen molar-refractivity contribution in [1.29, 1.82) is 0 Å². The van der Waals surface area contributed by atoms with Gasteiger partial charge in [-0.15, -0.1) is 0 Å². The molecule has 0 saturated heterocycles. The van der Waals surface area contributed by atoms with Gasteiger partial charge in [-0.2, -0.15) is 0 Å². The third-order valence-electron chi connectivity index (χ3n) is 3.67. The fraction of sp³-hybridized carbons (Fsp3) is 0.111. The van der Waals surface area contributed by atoms with E-state index in [1.807, 2.05) is 26.0 Å². The van der Waals surface area contributed by atoms with Crippen molar-refractivity contribution in [2.75, 3.05) is 5.32 Å². The number of amides is 1. The van der Waals surface area contributed by atoms with Gasteiger partial charge in [0, 0.05) is 17.0 Å². The molecule has 0 bridgehead atoms. The number of nitrogens with one attached hydrogen (secondary N) is 2. The number of aromatic amines is 1. The average molecular weight is 327 g/mol. The Morgan fingerprint density at radius 3 is 2.61 bits per heavy atom. The number of hydrogen-bond acceptors (Lipinski definition) is 2. The van der Waals surface area contributed by atoms with Crippen LogP contribution in [0.3, 0.4) is 0 Å². The van der Waals surface area contributed by atoms with Gasteiger partial charge in [-0.1, -0.05) is 35.9 Å². The number of benzene rings is 2. The van der Waals surface area contributed by atoms with Crippen LogP contribution in [0.2, 0.25) is 5.02 Å². The molecular weight excluding hydrogens is 312 g/mol. The zero-order valence-electron chi connectivity index (χ0n) is 12.7. The molecule has 0 spiro atoms. The van der Waals surface area contributed by atoms with Crippen molar-refractivity contribution in [2.24, 2.45) is 0 Å². The maximum absolute atomic E-state index is 12.6. The molecule has 0 saturated carbocycles. The summed E-state index contributed by atoms with van der Waals surface area (Å²) >= 11 is 6.23. The van der Waals surface area contributed by atoms with Crippen LogP contribution < -0.4 is 10.9 Å². The van der Waals surface area contributed by atoms with Crippen LogP contribution in [0.5, 0.6) is 0 Å². The van der Waals surface area contributed by atoms with Crippen LogP contribution in [0.1, 0.15) is 21.5 Å². The van der Waals surface area contributed by atoms with Gasteiger partial charge in [-0.25, -0.2) is 0 Å². The van der Waals surface area contributed by atoms with E-state index >= 15 is 0 Å². The molecule has 23 heavy (non-hydrogen) atoms. The number of carbonyl (C=O) groups is 1. The first-order valence-corrected chi connectivity index (χ1v) is 7.53. The number of anilines is 1. The Morgan fingerprint density at radius 1 is 1.13 bits per heavy atom. The number of aromatic nitrogens is 1. The molecule has 3 rings (SSSR count). The van der Waals surface area contributed by atoms with Crippen LogP contribution in [-0.4, -0.2) is 10.9 Å². The second-order valence-electron chi connectivity index (χ2n) is 5.49. The van der Waals surface area contributed by atoms with Gasteiger partial charge in [0.25, 0.3) is 5.91 Å². The number of hydrogen-bond donors (Lipinski definition) is 2. The highest BCUT2D eigenvalue weighted by molar-refractivity contribution is 6.34. The van der Waals surface area contributed by atoms with Crippen LogP contribution in [0, 0.1) is 13.8 Å². The van der Waals surface area contributed by atoms with Crippen LogP contribution >= 0.6 is 11.6 Å². The van der Waals surface area contributed by atoms with E-state index in [0.29, 0.717) is 27.2 Å². The Hall–Kier alpha value is -2.59. The molecular formula is C18H15ClN2O2. The lowest BCUT2D eigenvalue weighted by atomic mass is 10.1. The number of fused-ring (bicyclic) bond motifs is 1. The molecule has 4 nitrogen and oxygen atoms in total. The van der Waals surface area contributed by atoms with Crippen LogP contribution in [-0.2, 0) is 0 Å². The number of carbonyl (C=O) groups excluding carboxylic acids is 1. The van der Waals surface area contributed by atoms with Crippen molar-refractivity contribution in [2.45, 2.75) is 13.8 Å². The van der Waals surface area contributed by atoms with Gasteiger partial charge in [0.1, 0.15) is 0 Å². The van der Waals surface area contributed by atoms with Gasteiger partial charge >= 0.3 is 0 Å². The van der Waals surface area contributed by atoms with Gasteiger partial charge in [0.15, 0.2) is 0 Å². The summed E-state index contributed by atoms with van der Waals surface area (Å²) in [5, 5.41) is 3.98. The third kappa shape index (κ3) is 2.98. The van der Waals surface area contributed by atoms with Gasteiger partial charge in [0.2, 0.25) is 5.56 Å². The molecule has 3 aromatic rings. The molecule has 2 N–H and O–H groups in total. The standard InChI is InChI=1S/C18H15ClN2O2/c1-10-7-11(2)17(14(19)8-10)21-18(23)13-9-16(22)20-15-6-4-3-5-12(13)15/h3-9H,1-2H3,(H,20,22)(H,21,23). The Balaban J connectivity index is 2.07. The molecule has 2 aromatic carbocycles. The smallest absolute Gasteiger partial charge is 0.256 e. The highest BCUT2D eigenvalue weighted by Gasteiger charge is 2.14. The normalized spacial score (nSPS) is 10.7. The van der Waals surface area contributed by atoms with Crippen molar-refractivity contribution in [3.05, 3.63) is 74.5 Å². The van der Waals surface area contributed by atoms with Crippen molar-refractivity contribution < 1.29 is 4.79 Å². The zero-order chi connectivity index (χ0) is 16.6. The highest BCUT2D eigenvalue weighted by Crippen LogP contribution is 2.28. The van der Waals surface area contributed by atoms with Crippen molar-refractivity contribution >= 4 is 34.1 Å². The van der Waals surface area contributed by atoms with E-state index < -0.39 is 0 Å². The van der Waals surface area contributed by atoms with E-state index in [9.17, 15) is 9.59 Å². The van der Waals surface area contributed by atoms with E-state index in [1.54, 1.807) is 24.3 Å². The molecule has 0 fully saturated rings. The van der Waals surface area contributed by atoms with E-state index in [-0.39, 0.29) is 11.5 Å². The first-order chi connectivity index (χ1) is 11.0. The predicted octanol–water partition coefficient (Wildman–Crippen LogP) is 4.05. The first-order valence-electron chi connectivity index (χ1n) is 7.16. The lowest BCUT2D eigenvalue weighted by molar-refractivity contribution is 0.102. The Labute approximate surface area is 138 Å². The molecule has 0 unspecified atom stereocenters. The topological polar surface area (TPSA) is 62.0 Å². The number of pyridine rings is 1. The Bertz CT molecular complexity index is 953. The molecule has 116 valence electrons. The molecule has 0 atom stereocenters. The van der Waals surface area contributed by atoms with Crippen molar-refractivity contribution in [3.8, 4) is 0 Å². The summed E-state index contributed by atoms with van der Waals surface area (Å²) in [6.07, 6.45) is 0. The van der Waals surface area contributed by atoms with Gasteiger partial charge in [-0.05, 0) is 37.1 Å². The van der Waals surface area contributed by atoms with E-state index in [1.165, 1.54) is 6.07 Å². The highest BCUT2D eigenvalue weighted by atomic mass is 35.5. The third-order valence-corrected chi connectivity index (χ3v) is 3.96. The van der Waals surface area contributed by atoms with Crippen molar-refractivity contribution in [1.82, 2.24) is 4.98 Å². The van der Waals surface area contributed by atoms with Gasteiger partial charge < -0.3 is 10.3 Å². The summed E-state index contributed by atoms with van der Waals surface area (Å²) in [5.74, 6) is -0.360. The molecule has 1 aromatic heterocycles. The van der Waals surface area contributed by atoms with Crippen LogP contribution in [0.25, 0.3) is 10.9 Å². The largest absolute Gasteiger partial charge is 0.322 e. The second-order valence-corrected chi connectivity index (χ2v) is 5.89. The van der Waals surface area contributed by atoms with Crippen LogP contribution in [0.4, 0.5) is 5.69 Å². The fourth-order valence-corrected chi connectivity index (χ4v) is 3.02. The lowest BCUT2D eigenvalue weighted by Gasteiger charge is -2.12. The summed E-state index contributed by atoms with van der Waals surface area (Å²) in [7, 11) is 0. The minimum absolute atomic E-state index is 0.319. The summed E-state index contributed by atoms with van der Waals surface area (Å²) in [4.78, 5) is 27.1. The molecule has 1 amide bonds. The maximum Gasteiger partial charge on any atom is 0.256 e. The summed E-state index contributed by atoms with van der Waals surface area (Å²) in [6, 6.07) is 12.2. The maximum atomic E-state index is 12.6. The predicted molar refractivity (Wildman–Crippen MR) is 93.4 cm³/mol. The SMILES string of the molecule is Cc1cc(C)c(NC(=O)c2cc(=O)[nH]c3ccccc23)c(Cl)c1. The van der Waals surface area contributed by atoms with E-state index in [4.69, 9.17) is 11.6 Å². The molecule has 0 aliphatic rings. The Morgan fingerprint density at radius 2 is 1.87 bits per heavy atom. The minimum Gasteiger partial charge on any atom is -0.322 e. The number of rotatable bonds is 2. The molecule has 1 heterocycles. The number of halogens is 1. The zero-order valence-corrected chi connectivity index (χ0v) is 13.5. The quantitative estimate of drug-likeness (QED) is 0.746. The minimum atomic E-state index is -0.360.